The molecule has 0 amide bonds. The van der Waals surface area contributed by atoms with Crippen LogP contribution >= 0.6 is 11.6 Å². The van der Waals surface area contributed by atoms with E-state index in [-0.39, 0.29) is 54.9 Å². The number of halogens is 5. The van der Waals surface area contributed by atoms with E-state index in [1.807, 2.05) is 12.1 Å². The zero-order chi connectivity index (χ0) is 31.2. The molecule has 224 valence electrons. The van der Waals surface area contributed by atoms with Gasteiger partial charge in [-0.05, 0) is 48.3 Å². The largest absolute Gasteiger partial charge is 1.00 e. The average molecular weight is 659 g/mol. The van der Waals surface area contributed by atoms with E-state index in [1.54, 1.807) is 24.3 Å². The molecule has 0 aliphatic heterocycles. The molecule has 0 aliphatic rings. The Bertz CT molecular complexity index is 1440. The van der Waals surface area contributed by atoms with Gasteiger partial charge in [0, 0.05) is 32.9 Å². The van der Waals surface area contributed by atoms with Gasteiger partial charge < -0.3 is 17.8 Å². The van der Waals surface area contributed by atoms with Crippen LogP contribution < -0.4 is 29.6 Å². The molecule has 2 unspecified atom stereocenters. The predicted molar refractivity (Wildman–Crippen MR) is 147 cm³/mol. The van der Waals surface area contributed by atoms with Crippen molar-refractivity contribution in [3.8, 4) is 0 Å². The van der Waals surface area contributed by atoms with Gasteiger partial charge in [-0.15, -0.1) is 11.6 Å². The molecule has 0 aliphatic carbocycles. The van der Waals surface area contributed by atoms with Gasteiger partial charge in [-0.2, -0.15) is 0 Å². The summed E-state index contributed by atoms with van der Waals surface area (Å²) in [6.07, 6.45) is 0.601. The van der Waals surface area contributed by atoms with Crippen molar-refractivity contribution < 1.29 is 74.7 Å². The molecule has 2 atom stereocenters. The van der Waals surface area contributed by atoms with Gasteiger partial charge in [-0.3, -0.25) is 0 Å². The fourth-order valence-electron chi connectivity index (χ4n) is 4.65. The Labute approximate surface area is 273 Å². The first-order valence-corrected chi connectivity index (χ1v) is 16.3. The van der Waals surface area contributed by atoms with E-state index in [1.165, 1.54) is 33.5 Å². The Morgan fingerprint density at radius 3 is 1.81 bits per heavy atom. The minimum absolute atomic E-state index is 0. The zero-order valence-corrected chi connectivity index (χ0v) is 28.1. The van der Waals surface area contributed by atoms with Crippen LogP contribution in [0.2, 0.25) is 6.04 Å². The smallest absolute Gasteiger partial charge is 0.744 e. The summed E-state index contributed by atoms with van der Waals surface area (Å²) in [4.78, 5) is -2.20. The van der Waals surface area contributed by atoms with Crippen molar-refractivity contribution in [1.82, 2.24) is 0 Å². The first-order chi connectivity index (χ1) is 19.8. The van der Waals surface area contributed by atoms with Crippen LogP contribution in [0.15, 0.2) is 59.5 Å². The molecule has 6 nitrogen and oxygen atoms in total. The summed E-state index contributed by atoms with van der Waals surface area (Å²) >= 11 is 6.53. The van der Waals surface area contributed by atoms with Crippen LogP contribution in [0.4, 0.5) is 17.6 Å². The van der Waals surface area contributed by atoms with Gasteiger partial charge in [-0.25, -0.2) is 26.0 Å². The Morgan fingerprint density at radius 1 is 0.881 bits per heavy atom. The summed E-state index contributed by atoms with van der Waals surface area (Å²) in [5, 5.41) is -0.877. The summed E-state index contributed by atoms with van der Waals surface area (Å²) in [7, 11) is -4.07. The molecule has 0 spiro atoms. The maximum atomic E-state index is 15.2. The Morgan fingerprint density at radius 2 is 1.36 bits per heavy atom. The van der Waals surface area contributed by atoms with Crippen LogP contribution in [-0.4, -0.2) is 43.1 Å². The molecule has 0 saturated heterocycles. The molecule has 0 aromatic heterocycles. The topological polar surface area (TPSA) is 84.9 Å². The number of benzene rings is 3. The summed E-state index contributed by atoms with van der Waals surface area (Å²) in [5.41, 5.74) is 1.18. The van der Waals surface area contributed by atoms with Crippen molar-refractivity contribution in [3.05, 3.63) is 100 Å². The third-order valence-corrected chi connectivity index (χ3v) is 11.0. The third-order valence-electron chi connectivity index (χ3n) is 6.97. The van der Waals surface area contributed by atoms with Crippen molar-refractivity contribution in [3.63, 3.8) is 0 Å². The van der Waals surface area contributed by atoms with E-state index in [0.717, 1.165) is 11.1 Å². The van der Waals surface area contributed by atoms with Crippen LogP contribution in [0.3, 0.4) is 0 Å². The zero-order valence-electron chi connectivity index (χ0n) is 24.6. The van der Waals surface area contributed by atoms with Crippen LogP contribution in [0.1, 0.15) is 47.8 Å². The van der Waals surface area contributed by atoms with Gasteiger partial charge in [0.05, 0.1) is 6.75 Å². The van der Waals surface area contributed by atoms with E-state index >= 15 is 8.78 Å². The second kappa shape index (κ2) is 16.1. The normalized spacial score (nSPS) is 13.8. The van der Waals surface area contributed by atoms with Crippen LogP contribution in [0.5, 0.6) is 0 Å². The van der Waals surface area contributed by atoms with Crippen LogP contribution in [0, 0.1) is 23.3 Å². The number of aryl methyl sites for hydroxylation is 2. The summed E-state index contributed by atoms with van der Waals surface area (Å²) in [6, 6.07) is 14.1. The third kappa shape index (κ3) is 8.87. The second-order valence-electron chi connectivity index (χ2n) is 9.34. The van der Waals surface area contributed by atoms with Gasteiger partial charge in [0.15, 0.2) is 23.3 Å². The fraction of sp³-hybridized carbons (Fsp3) is 0.357. The maximum absolute atomic E-state index is 15.2. The molecule has 0 saturated carbocycles. The Kier molecular flexibility index (Phi) is 13.5. The minimum atomic E-state index is -5.85. The fourth-order valence-corrected chi connectivity index (χ4v) is 7.33. The van der Waals surface area contributed by atoms with Gasteiger partial charge in [0.25, 0.3) is 0 Å². The Balaban J connectivity index is 0.00000645. The molecular weight excluding hydrogens is 627 g/mol. The Hall–Kier alpha value is -1.32. The second-order valence-corrected chi connectivity index (χ2v) is 14.3. The van der Waals surface area contributed by atoms with E-state index in [0.29, 0.717) is 18.0 Å². The molecule has 0 heterocycles. The monoisotopic (exact) mass is 658 g/mol. The van der Waals surface area contributed by atoms with Crippen molar-refractivity contribution in [2.75, 3.05) is 21.3 Å². The number of rotatable bonds is 14. The van der Waals surface area contributed by atoms with Gasteiger partial charge in [-0.1, -0.05) is 54.6 Å². The SMILES string of the molecule is [3H]c1ccc(C(Cl)CC(CCc2ccc(CC[Si](OC)(OC)OC)cc2)c2c(F)c(F)c(S(=O)(=O)[O-])c(F)c2F)cc1.[Na+]. The molecule has 3 aromatic rings. The van der Waals surface area contributed by atoms with Gasteiger partial charge in [0.2, 0.25) is 0 Å². The summed E-state index contributed by atoms with van der Waals surface area (Å²) in [6.45, 7) is 0. The molecule has 0 fully saturated rings. The molecule has 42 heavy (non-hydrogen) atoms. The van der Waals surface area contributed by atoms with Crippen molar-refractivity contribution in [2.45, 2.75) is 47.9 Å². The quantitative estimate of drug-likeness (QED) is 0.0865. The number of alkyl halides is 1. The average Bonchev–Trinajstić information content (AvgIpc) is 2.96. The van der Waals surface area contributed by atoms with Crippen molar-refractivity contribution in [2.24, 2.45) is 0 Å². The van der Waals surface area contributed by atoms with E-state index in [4.69, 9.17) is 26.2 Å². The molecular formula is C28H30ClF4NaO6SSi. The van der Waals surface area contributed by atoms with Crippen LogP contribution in [-0.2, 0) is 36.2 Å². The van der Waals surface area contributed by atoms with Gasteiger partial charge >= 0.3 is 38.4 Å². The molecule has 3 rings (SSSR count). The van der Waals surface area contributed by atoms with Crippen LogP contribution in [0.25, 0.3) is 0 Å². The predicted octanol–water partition coefficient (Wildman–Crippen LogP) is 3.66. The molecule has 0 radical (unpaired) electrons. The standard InChI is InChI=1S/C28H31ClF4O6SSi.Na/c1-37-41(38-2,39-3)16-15-19-11-9-18(10-12-19)13-14-21(17-22(29)20-7-5-4-6-8-20)23-24(30)26(32)28(40(34,35)36)27(33)25(23)31;/h4-12,21-22H,13-17H2,1-3H3,(H,34,35,36);/q;+1/p-1/i4T;. The molecule has 0 bridgehead atoms. The summed E-state index contributed by atoms with van der Waals surface area (Å²) in [5.74, 6) is -9.69. The molecule has 14 heteroatoms. The van der Waals surface area contributed by atoms with E-state index < -0.39 is 63.9 Å². The number of hydrogen-bond donors (Lipinski definition) is 0. The van der Waals surface area contributed by atoms with Gasteiger partial charge in [0.1, 0.15) is 15.0 Å². The van der Waals surface area contributed by atoms with Crippen molar-refractivity contribution >= 4 is 30.5 Å². The molecule has 0 N–H and O–H groups in total. The first kappa shape index (κ1) is 35.2. The summed E-state index contributed by atoms with van der Waals surface area (Å²) < 4.78 is 118. The minimum Gasteiger partial charge on any atom is -0.744 e. The first-order valence-electron chi connectivity index (χ1n) is 13.0. The van der Waals surface area contributed by atoms with E-state index in [9.17, 15) is 21.8 Å². The van der Waals surface area contributed by atoms with Crippen molar-refractivity contribution in [1.29, 1.82) is 0 Å². The molecule has 3 aromatic carbocycles. The maximum Gasteiger partial charge on any atom is 1.00 e. The van der Waals surface area contributed by atoms with E-state index in [2.05, 4.69) is 0 Å². The number of hydrogen-bond acceptors (Lipinski definition) is 6.